The first-order valence-corrected chi connectivity index (χ1v) is 9.01. The first kappa shape index (κ1) is 17.5. The number of aromatic nitrogens is 1. The summed E-state index contributed by atoms with van der Waals surface area (Å²) in [5.41, 5.74) is 1.82. The van der Waals surface area contributed by atoms with Crippen LogP contribution in [0.5, 0.6) is 0 Å². The predicted molar refractivity (Wildman–Crippen MR) is 103 cm³/mol. The number of rotatable bonds is 3. The number of amides is 1. The summed E-state index contributed by atoms with van der Waals surface area (Å²) >= 11 is 6.04. The Morgan fingerprint density at radius 1 is 1.04 bits per heavy atom. The fraction of sp³-hybridized carbons (Fsp3) is 0.200. The minimum Gasteiger partial charge on any atom is -0.368 e. The van der Waals surface area contributed by atoms with E-state index in [4.69, 9.17) is 11.6 Å². The molecule has 138 valence electrons. The fourth-order valence-corrected chi connectivity index (χ4v) is 3.56. The summed E-state index contributed by atoms with van der Waals surface area (Å²) in [7, 11) is 0. The Hall–Kier alpha value is -2.86. The van der Waals surface area contributed by atoms with E-state index >= 15 is 0 Å². The van der Waals surface area contributed by atoms with Gasteiger partial charge in [-0.25, -0.2) is 4.39 Å². The zero-order valence-corrected chi connectivity index (χ0v) is 15.2. The number of aromatic amines is 1. The van der Waals surface area contributed by atoms with E-state index in [1.165, 1.54) is 18.3 Å². The summed E-state index contributed by atoms with van der Waals surface area (Å²) in [6.07, 6.45) is 1.46. The zero-order valence-electron chi connectivity index (χ0n) is 14.4. The van der Waals surface area contributed by atoms with Crippen LogP contribution in [0, 0.1) is 5.82 Å². The SMILES string of the molecule is O=C(C(=O)N1CCN(c2cccc(Cl)c2)CC1)c1c[nH]c2ccc(F)cc12. The number of carbonyl (C=O) groups is 2. The third-order valence-electron chi connectivity index (χ3n) is 4.82. The molecule has 1 amide bonds. The van der Waals surface area contributed by atoms with Crippen molar-refractivity contribution in [1.82, 2.24) is 9.88 Å². The normalized spacial score (nSPS) is 14.6. The molecule has 1 aliphatic heterocycles. The van der Waals surface area contributed by atoms with Gasteiger partial charge in [0.1, 0.15) is 5.82 Å². The Morgan fingerprint density at radius 2 is 1.81 bits per heavy atom. The number of nitrogens with zero attached hydrogens (tertiary/aromatic N) is 2. The van der Waals surface area contributed by atoms with Crippen molar-refractivity contribution in [2.24, 2.45) is 0 Å². The quantitative estimate of drug-likeness (QED) is 0.554. The van der Waals surface area contributed by atoms with Crippen molar-refractivity contribution in [3.05, 3.63) is 65.1 Å². The van der Waals surface area contributed by atoms with Crippen LogP contribution in [0.3, 0.4) is 0 Å². The van der Waals surface area contributed by atoms with Gasteiger partial charge in [-0.05, 0) is 36.4 Å². The van der Waals surface area contributed by atoms with E-state index in [-0.39, 0.29) is 5.56 Å². The van der Waals surface area contributed by atoms with Crippen LogP contribution in [0.25, 0.3) is 10.9 Å². The van der Waals surface area contributed by atoms with Gasteiger partial charge in [0.15, 0.2) is 0 Å². The molecule has 0 unspecified atom stereocenters. The Kier molecular flexibility index (Phi) is 4.58. The summed E-state index contributed by atoms with van der Waals surface area (Å²) in [6.45, 7) is 2.10. The Labute approximate surface area is 160 Å². The molecule has 1 aromatic heterocycles. The molecule has 0 aliphatic carbocycles. The molecular weight excluding hydrogens is 369 g/mol. The minimum absolute atomic E-state index is 0.201. The van der Waals surface area contributed by atoms with Crippen molar-refractivity contribution < 1.29 is 14.0 Å². The second-order valence-electron chi connectivity index (χ2n) is 6.48. The molecule has 1 saturated heterocycles. The molecule has 0 spiro atoms. The first-order valence-electron chi connectivity index (χ1n) is 8.64. The monoisotopic (exact) mass is 385 g/mol. The van der Waals surface area contributed by atoms with Gasteiger partial charge in [0.25, 0.3) is 11.7 Å². The van der Waals surface area contributed by atoms with Crippen molar-refractivity contribution >= 4 is 39.9 Å². The fourth-order valence-electron chi connectivity index (χ4n) is 3.38. The lowest BCUT2D eigenvalue weighted by Gasteiger charge is -2.35. The summed E-state index contributed by atoms with van der Waals surface area (Å²) in [5.74, 6) is -1.63. The lowest BCUT2D eigenvalue weighted by Crippen LogP contribution is -2.50. The van der Waals surface area contributed by atoms with E-state index in [1.807, 2.05) is 24.3 Å². The minimum atomic E-state index is -0.622. The van der Waals surface area contributed by atoms with Gasteiger partial charge in [-0.3, -0.25) is 9.59 Å². The summed E-state index contributed by atoms with van der Waals surface area (Å²) in [6, 6.07) is 11.7. The van der Waals surface area contributed by atoms with Gasteiger partial charge in [-0.15, -0.1) is 0 Å². The van der Waals surface area contributed by atoms with Crippen molar-refractivity contribution in [2.75, 3.05) is 31.1 Å². The molecule has 3 aromatic rings. The second kappa shape index (κ2) is 7.04. The molecule has 4 rings (SSSR count). The number of fused-ring (bicyclic) bond motifs is 1. The van der Waals surface area contributed by atoms with Crippen LogP contribution >= 0.6 is 11.6 Å². The van der Waals surface area contributed by atoms with Crippen molar-refractivity contribution in [1.29, 1.82) is 0 Å². The van der Waals surface area contributed by atoms with Crippen LogP contribution in [0.1, 0.15) is 10.4 Å². The lowest BCUT2D eigenvalue weighted by atomic mass is 10.1. The van der Waals surface area contributed by atoms with Crippen LogP contribution < -0.4 is 4.90 Å². The molecule has 0 radical (unpaired) electrons. The number of piperazine rings is 1. The highest BCUT2D eigenvalue weighted by molar-refractivity contribution is 6.44. The molecule has 0 atom stereocenters. The summed E-state index contributed by atoms with van der Waals surface area (Å²) in [4.78, 5) is 31.9. The number of hydrogen-bond acceptors (Lipinski definition) is 3. The van der Waals surface area contributed by atoms with Crippen molar-refractivity contribution in [3.8, 4) is 0 Å². The van der Waals surface area contributed by atoms with E-state index in [9.17, 15) is 14.0 Å². The van der Waals surface area contributed by atoms with Crippen molar-refractivity contribution in [3.63, 3.8) is 0 Å². The molecule has 1 aliphatic rings. The number of anilines is 1. The highest BCUT2D eigenvalue weighted by atomic mass is 35.5. The van der Waals surface area contributed by atoms with Gasteiger partial charge < -0.3 is 14.8 Å². The van der Waals surface area contributed by atoms with Gasteiger partial charge in [-0.1, -0.05) is 17.7 Å². The number of hydrogen-bond donors (Lipinski definition) is 1. The maximum atomic E-state index is 13.5. The lowest BCUT2D eigenvalue weighted by molar-refractivity contribution is -0.126. The molecule has 27 heavy (non-hydrogen) atoms. The average molecular weight is 386 g/mol. The number of H-pyrrole nitrogens is 1. The number of Topliss-reactive ketones (excluding diaryl/α,β-unsaturated/α-hetero) is 1. The average Bonchev–Trinajstić information content (AvgIpc) is 3.10. The topological polar surface area (TPSA) is 56.4 Å². The number of nitrogens with one attached hydrogen (secondary N) is 1. The molecule has 5 nitrogen and oxygen atoms in total. The van der Waals surface area contributed by atoms with Gasteiger partial charge in [0, 0.05) is 54.0 Å². The second-order valence-corrected chi connectivity index (χ2v) is 6.92. The molecular formula is C20H17ClFN3O2. The maximum absolute atomic E-state index is 13.5. The molecule has 0 bridgehead atoms. The van der Waals surface area contributed by atoms with Gasteiger partial charge in [0.05, 0.1) is 5.56 Å². The Bertz CT molecular complexity index is 1020. The molecule has 0 saturated carbocycles. The Morgan fingerprint density at radius 3 is 2.56 bits per heavy atom. The van der Waals surface area contributed by atoms with E-state index in [0.717, 1.165) is 5.69 Å². The van der Waals surface area contributed by atoms with Gasteiger partial charge in [-0.2, -0.15) is 0 Å². The molecule has 7 heteroatoms. The number of benzene rings is 2. The summed E-state index contributed by atoms with van der Waals surface area (Å²) < 4.78 is 13.5. The maximum Gasteiger partial charge on any atom is 0.295 e. The van der Waals surface area contributed by atoms with E-state index in [0.29, 0.717) is 42.1 Å². The largest absolute Gasteiger partial charge is 0.368 e. The number of ketones is 1. The Balaban J connectivity index is 1.47. The number of halogens is 2. The highest BCUT2D eigenvalue weighted by Gasteiger charge is 2.28. The third-order valence-corrected chi connectivity index (χ3v) is 5.06. The third kappa shape index (κ3) is 3.40. The van der Waals surface area contributed by atoms with Crippen LogP contribution in [0.15, 0.2) is 48.7 Å². The van der Waals surface area contributed by atoms with E-state index in [2.05, 4.69) is 9.88 Å². The van der Waals surface area contributed by atoms with E-state index < -0.39 is 17.5 Å². The van der Waals surface area contributed by atoms with Crippen LogP contribution in [-0.4, -0.2) is 47.8 Å². The standard InChI is InChI=1S/C20H17ClFN3O2/c21-13-2-1-3-15(10-13)24-6-8-25(9-7-24)20(27)19(26)17-12-23-18-5-4-14(22)11-16(17)18/h1-5,10-12,23H,6-9H2. The van der Waals surface area contributed by atoms with Crippen molar-refractivity contribution in [2.45, 2.75) is 0 Å². The van der Waals surface area contributed by atoms with Crippen LogP contribution in [-0.2, 0) is 4.79 Å². The highest BCUT2D eigenvalue weighted by Crippen LogP contribution is 2.23. The first-order chi connectivity index (χ1) is 13.0. The van der Waals surface area contributed by atoms with E-state index in [1.54, 1.807) is 11.0 Å². The van der Waals surface area contributed by atoms with Crippen LogP contribution in [0.2, 0.25) is 5.02 Å². The molecule has 1 fully saturated rings. The number of carbonyl (C=O) groups excluding carboxylic acids is 2. The summed E-state index contributed by atoms with van der Waals surface area (Å²) in [5, 5.41) is 1.08. The molecule has 2 aromatic carbocycles. The molecule has 2 heterocycles. The van der Waals surface area contributed by atoms with Crippen LogP contribution in [0.4, 0.5) is 10.1 Å². The zero-order chi connectivity index (χ0) is 19.0. The molecule has 1 N–H and O–H groups in total. The van der Waals surface area contributed by atoms with Gasteiger partial charge >= 0.3 is 0 Å². The smallest absolute Gasteiger partial charge is 0.295 e. The van der Waals surface area contributed by atoms with Gasteiger partial charge in [0.2, 0.25) is 0 Å². The predicted octanol–water partition coefficient (Wildman–Crippen LogP) is 3.49.